The zero-order valence-electron chi connectivity index (χ0n) is 10.6. The molecule has 1 aromatic rings. The minimum absolute atomic E-state index is 0.564. The van der Waals surface area contributed by atoms with Crippen LogP contribution in [0.3, 0.4) is 0 Å². The predicted octanol–water partition coefficient (Wildman–Crippen LogP) is 3.72. The zero-order chi connectivity index (χ0) is 13.8. The van der Waals surface area contributed by atoms with Crippen molar-refractivity contribution in [3.05, 3.63) is 22.4 Å². The fraction of sp³-hybridized carbons (Fsp3) is 0.556. The van der Waals surface area contributed by atoms with Crippen molar-refractivity contribution in [3.63, 3.8) is 0 Å². The summed E-state index contributed by atoms with van der Waals surface area (Å²) in [6.45, 7) is 0. The van der Waals surface area contributed by atoms with Gasteiger partial charge in [0.25, 0.3) is 0 Å². The van der Waals surface area contributed by atoms with Gasteiger partial charge >= 0.3 is 15.2 Å². The molecule has 0 saturated heterocycles. The Morgan fingerprint density at radius 2 is 1.44 bits per heavy atom. The van der Waals surface area contributed by atoms with Crippen molar-refractivity contribution in [2.45, 2.75) is 5.40 Å². The van der Waals surface area contributed by atoms with Gasteiger partial charge in [-0.2, -0.15) is 0 Å². The summed E-state index contributed by atoms with van der Waals surface area (Å²) in [7, 11) is -2.33. The average Bonchev–Trinajstić information content (AvgIpc) is 2.91. The van der Waals surface area contributed by atoms with Gasteiger partial charge in [0.05, 0.1) is 0 Å². The van der Waals surface area contributed by atoms with E-state index in [9.17, 15) is 9.13 Å². The molecule has 0 spiro atoms. The van der Waals surface area contributed by atoms with E-state index in [1.807, 2.05) is 0 Å². The van der Waals surface area contributed by atoms with E-state index >= 15 is 0 Å². The average molecular weight is 314 g/mol. The fourth-order valence-electron chi connectivity index (χ4n) is 1.47. The fourth-order valence-corrected chi connectivity index (χ4v) is 7.61. The highest BCUT2D eigenvalue weighted by Crippen LogP contribution is 2.78. The lowest BCUT2D eigenvalue weighted by Crippen LogP contribution is -2.06. The highest BCUT2D eigenvalue weighted by Gasteiger charge is 2.51. The molecular weight excluding hydrogens is 298 g/mol. The third-order valence-electron chi connectivity index (χ3n) is 2.41. The van der Waals surface area contributed by atoms with Crippen LogP contribution >= 0.6 is 26.5 Å². The second kappa shape index (κ2) is 6.44. The van der Waals surface area contributed by atoms with Gasteiger partial charge in [-0.05, 0) is 11.4 Å². The lowest BCUT2D eigenvalue weighted by Gasteiger charge is -2.27. The molecule has 0 N–H and O–H groups in total. The van der Waals surface area contributed by atoms with Gasteiger partial charge in [0.2, 0.25) is 0 Å². The first kappa shape index (κ1) is 16.1. The van der Waals surface area contributed by atoms with Gasteiger partial charge in [-0.3, -0.25) is 9.13 Å². The van der Waals surface area contributed by atoms with Crippen LogP contribution in [0.4, 0.5) is 0 Å². The maximum absolute atomic E-state index is 12.5. The molecular formula is C9H16O6P2S. The van der Waals surface area contributed by atoms with Crippen molar-refractivity contribution < 1.29 is 27.2 Å². The van der Waals surface area contributed by atoms with E-state index in [1.54, 1.807) is 17.5 Å². The highest BCUT2D eigenvalue weighted by molar-refractivity contribution is 7.72. The van der Waals surface area contributed by atoms with Crippen molar-refractivity contribution in [3.8, 4) is 0 Å². The molecule has 0 aliphatic heterocycles. The zero-order valence-corrected chi connectivity index (χ0v) is 13.2. The monoisotopic (exact) mass is 314 g/mol. The van der Waals surface area contributed by atoms with Crippen molar-refractivity contribution in [2.75, 3.05) is 28.4 Å². The second-order valence-corrected chi connectivity index (χ2v) is 9.24. The Labute approximate surface area is 110 Å². The molecule has 0 saturated carbocycles. The maximum Gasteiger partial charge on any atom is 0.350 e. The van der Waals surface area contributed by atoms with E-state index in [0.29, 0.717) is 4.88 Å². The number of thiophene rings is 1. The molecule has 18 heavy (non-hydrogen) atoms. The smallest absolute Gasteiger partial charge is 0.311 e. The third kappa shape index (κ3) is 2.94. The summed E-state index contributed by atoms with van der Waals surface area (Å²) in [5, 5.41) is 0.684. The Morgan fingerprint density at radius 3 is 1.72 bits per heavy atom. The van der Waals surface area contributed by atoms with Crippen molar-refractivity contribution in [2.24, 2.45) is 0 Å². The lowest BCUT2D eigenvalue weighted by atomic mass is 10.5. The Hall–Kier alpha value is 0.0000000000000000139. The van der Waals surface area contributed by atoms with Crippen LogP contribution < -0.4 is 0 Å². The van der Waals surface area contributed by atoms with Crippen molar-refractivity contribution in [1.82, 2.24) is 0 Å². The Kier molecular flexibility index (Phi) is 5.74. The molecule has 1 rings (SSSR count). The van der Waals surface area contributed by atoms with Crippen molar-refractivity contribution >= 4 is 26.5 Å². The first-order valence-corrected chi connectivity index (χ1v) is 9.03. The van der Waals surface area contributed by atoms with Crippen LogP contribution in [0.2, 0.25) is 0 Å². The van der Waals surface area contributed by atoms with Gasteiger partial charge in [-0.25, -0.2) is 0 Å². The van der Waals surface area contributed by atoms with Crippen LogP contribution in [-0.4, -0.2) is 28.4 Å². The Bertz CT molecular complexity index is 418. The molecule has 0 unspecified atom stereocenters. The van der Waals surface area contributed by atoms with Crippen LogP contribution in [0.25, 0.3) is 0 Å². The third-order valence-corrected chi connectivity index (χ3v) is 9.19. The quantitative estimate of drug-likeness (QED) is 0.714. The molecule has 0 atom stereocenters. The molecule has 104 valence electrons. The van der Waals surface area contributed by atoms with E-state index in [4.69, 9.17) is 18.1 Å². The topological polar surface area (TPSA) is 71.1 Å². The van der Waals surface area contributed by atoms with Crippen LogP contribution in [0.15, 0.2) is 17.5 Å². The summed E-state index contributed by atoms with van der Waals surface area (Å²) in [6.07, 6.45) is 0. The minimum Gasteiger partial charge on any atom is -0.311 e. The van der Waals surface area contributed by atoms with E-state index in [0.717, 1.165) is 0 Å². The van der Waals surface area contributed by atoms with Gasteiger partial charge < -0.3 is 18.1 Å². The molecule has 9 heteroatoms. The summed E-state index contributed by atoms with van der Waals surface area (Å²) in [5.74, 6) is 0. The molecule has 0 aliphatic rings. The number of hydrogen-bond acceptors (Lipinski definition) is 7. The Morgan fingerprint density at radius 1 is 1.00 bits per heavy atom. The van der Waals surface area contributed by atoms with E-state index in [2.05, 4.69) is 0 Å². The van der Waals surface area contributed by atoms with Gasteiger partial charge in [0.1, 0.15) is 0 Å². The van der Waals surface area contributed by atoms with Gasteiger partial charge in [0.15, 0.2) is 5.40 Å². The second-order valence-electron chi connectivity index (χ2n) is 3.20. The summed E-state index contributed by atoms with van der Waals surface area (Å²) >= 11 is 1.28. The number of hydrogen-bond donors (Lipinski definition) is 0. The van der Waals surface area contributed by atoms with Crippen LogP contribution in [0, 0.1) is 0 Å². The summed E-state index contributed by atoms with van der Waals surface area (Å²) in [5.41, 5.74) is 0. The van der Waals surface area contributed by atoms with Crippen LogP contribution in [0.5, 0.6) is 0 Å². The molecule has 0 fully saturated rings. The normalized spacial score (nSPS) is 13.2. The minimum atomic E-state index is -3.64. The summed E-state index contributed by atoms with van der Waals surface area (Å²) in [4.78, 5) is 0.564. The van der Waals surface area contributed by atoms with E-state index in [-0.39, 0.29) is 0 Å². The predicted molar refractivity (Wildman–Crippen MR) is 70.3 cm³/mol. The largest absolute Gasteiger partial charge is 0.350 e. The SMILES string of the molecule is COP(=O)(OC)C(c1cccs1)P(=O)(OC)OC. The maximum atomic E-state index is 12.5. The van der Waals surface area contributed by atoms with Crippen LogP contribution in [-0.2, 0) is 27.2 Å². The molecule has 1 aromatic heterocycles. The van der Waals surface area contributed by atoms with E-state index in [1.165, 1.54) is 39.8 Å². The molecule has 0 aromatic carbocycles. The van der Waals surface area contributed by atoms with Gasteiger partial charge in [-0.1, -0.05) is 6.07 Å². The molecule has 0 radical (unpaired) electrons. The van der Waals surface area contributed by atoms with E-state index < -0.39 is 20.6 Å². The molecule has 0 amide bonds. The number of rotatable bonds is 7. The first-order chi connectivity index (χ1) is 8.47. The van der Waals surface area contributed by atoms with Gasteiger partial charge in [-0.15, -0.1) is 11.3 Å². The van der Waals surface area contributed by atoms with Gasteiger partial charge in [0, 0.05) is 33.3 Å². The van der Waals surface area contributed by atoms with Crippen LogP contribution in [0.1, 0.15) is 10.3 Å². The molecule has 0 aliphatic carbocycles. The standard InChI is InChI=1S/C9H16O6P2S/c1-12-16(10,13-2)9(8-6-5-7-18-8)17(11,14-3)15-4/h5-7,9H,1-4H3. The first-order valence-electron chi connectivity index (χ1n) is 4.93. The summed E-state index contributed by atoms with van der Waals surface area (Å²) in [6, 6.07) is 3.43. The highest BCUT2D eigenvalue weighted by atomic mass is 32.1. The Balaban J connectivity index is 3.37. The molecule has 6 nitrogen and oxygen atoms in total. The lowest BCUT2D eigenvalue weighted by molar-refractivity contribution is 0.248. The summed E-state index contributed by atoms with van der Waals surface area (Å²) < 4.78 is 44.8. The molecule has 1 heterocycles. The van der Waals surface area contributed by atoms with Crippen molar-refractivity contribution in [1.29, 1.82) is 0 Å². The molecule has 0 bridgehead atoms.